The third-order valence-electron chi connectivity index (χ3n) is 3.32. The van der Waals surface area contributed by atoms with Crippen LogP contribution in [-0.4, -0.2) is 20.6 Å². The Balaban J connectivity index is 0.00000312. The Labute approximate surface area is 154 Å². The molecule has 2 N–H and O–H groups in total. The molecule has 1 atom stereocenters. The van der Waals surface area contributed by atoms with E-state index < -0.39 is 12.4 Å². The second-order valence-electron chi connectivity index (χ2n) is 4.80. The second kappa shape index (κ2) is 8.51. The quantitative estimate of drug-likeness (QED) is 0.792. The molecule has 2 aromatic rings. The summed E-state index contributed by atoms with van der Waals surface area (Å²) in [5.41, 5.74) is 7.29. The fraction of sp³-hybridized carbons (Fsp3) is 0.250. The highest BCUT2D eigenvalue weighted by Gasteiger charge is 2.31. The van der Waals surface area contributed by atoms with Crippen LogP contribution in [0.2, 0.25) is 5.02 Å². The minimum Gasteiger partial charge on any atom is -0.493 e. The van der Waals surface area contributed by atoms with Crippen molar-refractivity contribution in [3.8, 4) is 17.2 Å². The predicted octanol–water partition coefficient (Wildman–Crippen LogP) is 4.73. The number of ether oxygens (including phenoxy) is 3. The Bertz CT molecular complexity index is 709. The largest absolute Gasteiger partial charge is 0.573 e. The fourth-order valence-corrected chi connectivity index (χ4v) is 2.55. The molecule has 0 radical (unpaired) electrons. The minimum atomic E-state index is -4.74. The van der Waals surface area contributed by atoms with Crippen LogP contribution in [0.3, 0.4) is 0 Å². The first-order valence-corrected chi connectivity index (χ1v) is 7.16. The van der Waals surface area contributed by atoms with Crippen LogP contribution in [0.25, 0.3) is 0 Å². The van der Waals surface area contributed by atoms with Crippen LogP contribution < -0.4 is 19.9 Å². The molecule has 0 heterocycles. The van der Waals surface area contributed by atoms with E-state index in [-0.39, 0.29) is 23.2 Å². The SMILES string of the molecule is COc1ccc([C@@H](N)c2ccc(OC(F)(F)F)cc2)c(Cl)c1OC.Cl. The third kappa shape index (κ3) is 5.07. The lowest BCUT2D eigenvalue weighted by Crippen LogP contribution is -2.17. The second-order valence-corrected chi connectivity index (χ2v) is 5.18. The first-order valence-electron chi connectivity index (χ1n) is 6.78. The Morgan fingerprint density at radius 2 is 1.60 bits per heavy atom. The highest BCUT2D eigenvalue weighted by Crippen LogP contribution is 2.40. The molecule has 0 saturated heterocycles. The van der Waals surface area contributed by atoms with E-state index in [4.69, 9.17) is 26.8 Å². The number of nitrogens with two attached hydrogens (primary N) is 1. The third-order valence-corrected chi connectivity index (χ3v) is 3.71. The van der Waals surface area contributed by atoms with Gasteiger partial charge in [-0.05, 0) is 29.3 Å². The van der Waals surface area contributed by atoms with Gasteiger partial charge >= 0.3 is 6.36 Å². The number of methoxy groups -OCH3 is 2. The van der Waals surface area contributed by atoms with E-state index in [9.17, 15) is 13.2 Å². The molecule has 2 aromatic carbocycles. The number of alkyl halides is 3. The van der Waals surface area contributed by atoms with Crippen molar-refractivity contribution >= 4 is 24.0 Å². The average molecular weight is 398 g/mol. The fourth-order valence-electron chi connectivity index (χ4n) is 2.20. The smallest absolute Gasteiger partial charge is 0.493 e. The number of benzene rings is 2. The van der Waals surface area contributed by atoms with Gasteiger partial charge < -0.3 is 19.9 Å². The number of rotatable bonds is 5. The maximum Gasteiger partial charge on any atom is 0.573 e. The molecule has 0 spiro atoms. The molecule has 4 nitrogen and oxygen atoms in total. The molecule has 9 heteroatoms. The summed E-state index contributed by atoms with van der Waals surface area (Å²) in [5, 5.41) is 0.278. The zero-order valence-corrected chi connectivity index (χ0v) is 14.8. The number of hydrogen-bond acceptors (Lipinski definition) is 4. The molecule has 0 unspecified atom stereocenters. The molecular weight excluding hydrogens is 382 g/mol. The maximum absolute atomic E-state index is 12.2. The molecular formula is C16H16Cl2F3NO3. The molecule has 0 fully saturated rings. The topological polar surface area (TPSA) is 53.7 Å². The van der Waals surface area contributed by atoms with E-state index >= 15 is 0 Å². The first-order chi connectivity index (χ1) is 11.3. The van der Waals surface area contributed by atoms with Crippen LogP contribution in [-0.2, 0) is 0 Å². The van der Waals surface area contributed by atoms with Crippen molar-refractivity contribution in [2.45, 2.75) is 12.4 Å². The Morgan fingerprint density at radius 1 is 1.00 bits per heavy atom. The Kier molecular flexibility index (Phi) is 7.22. The zero-order chi connectivity index (χ0) is 17.9. The lowest BCUT2D eigenvalue weighted by Gasteiger charge is -2.18. The molecule has 25 heavy (non-hydrogen) atoms. The summed E-state index contributed by atoms with van der Waals surface area (Å²) in [6.07, 6.45) is -4.74. The Morgan fingerprint density at radius 3 is 2.08 bits per heavy atom. The van der Waals surface area contributed by atoms with E-state index in [2.05, 4.69) is 4.74 Å². The highest BCUT2D eigenvalue weighted by atomic mass is 35.5. The monoisotopic (exact) mass is 397 g/mol. The van der Waals surface area contributed by atoms with Gasteiger partial charge in [-0.3, -0.25) is 0 Å². The minimum absolute atomic E-state index is 0. The van der Waals surface area contributed by atoms with Crippen LogP contribution in [0.4, 0.5) is 13.2 Å². The van der Waals surface area contributed by atoms with Gasteiger partial charge in [-0.25, -0.2) is 0 Å². The molecule has 0 saturated carbocycles. The van der Waals surface area contributed by atoms with E-state index in [1.54, 1.807) is 12.1 Å². The van der Waals surface area contributed by atoms with Crippen molar-refractivity contribution in [2.24, 2.45) is 5.73 Å². The molecule has 0 bridgehead atoms. The zero-order valence-electron chi connectivity index (χ0n) is 13.3. The molecule has 0 amide bonds. The van der Waals surface area contributed by atoms with E-state index in [0.717, 1.165) is 0 Å². The lowest BCUT2D eigenvalue weighted by atomic mass is 9.99. The highest BCUT2D eigenvalue weighted by molar-refractivity contribution is 6.33. The summed E-state index contributed by atoms with van der Waals surface area (Å²) in [4.78, 5) is 0. The van der Waals surface area contributed by atoms with Crippen LogP contribution in [0, 0.1) is 0 Å². The molecule has 0 aromatic heterocycles. The van der Waals surface area contributed by atoms with Crippen LogP contribution in [0.5, 0.6) is 17.2 Å². The van der Waals surface area contributed by atoms with Crippen molar-refractivity contribution in [1.82, 2.24) is 0 Å². The van der Waals surface area contributed by atoms with Crippen molar-refractivity contribution in [1.29, 1.82) is 0 Å². The van der Waals surface area contributed by atoms with Gasteiger partial charge in [0.05, 0.1) is 25.3 Å². The average Bonchev–Trinajstić information content (AvgIpc) is 2.53. The molecule has 0 aliphatic carbocycles. The summed E-state index contributed by atoms with van der Waals surface area (Å²) in [6, 6.07) is 7.94. The van der Waals surface area contributed by atoms with Gasteiger partial charge in [0.1, 0.15) is 5.75 Å². The van der Waals surface area contributed by atoms with Gasteiger partial charge in [-0.15, -0.1) is 25.6 Å². The van der Waals surface area contributed by atoms with Gasteiger partial charge in [0.2, 0.25) is 0 Å². The normalized spacial score (nSPS) is 12.1. The van der Waals surface area contributed by atoms with Crippen LogP contribution >= 0.6 is 24.0 Å². The van der Waals surface area contributed by atoms with Gasteiger partial charge in [-0.2, -0.15) is 0 Å². The summed E-state index contributed by atoms with van der Waals surface area (Å²) in [6.45, 7) is 0. The van der Waals surface area contributed by atoms with Crippen LogP contribution in [0.1, 0.15) is 17.2 Å². The summed E-state index contributed by atoms with van der Waals surface area (Å²) < 4.78 is 50.7. The van der Waals surface area contributed by atoms with E-state index in [1.165, 1.54) is 38.5 Å². The van der Waals surface area contributed by atoms with Gasteiger partial charge in [-0.1, -0.05) is 29.8 Å². The molecule has 0 aliphatic rings. The number of hydrogen-bond donors (Lipinski definition) is 1. The first kappa shape index (κ1) is 21.2. The maximum atomic E-state index is 12.2. The predicted molar refractivity (Wildman–Crippen MR) is 91.0 cm³/mol. The van der Waals surface area contributed by atoms with Crippen molar-refractivity contribution in [3.63, 3.8) is 0 Å². The summed E-state index contributed by atoms with van der Waals surface area (Å²) >= 11 is 6.30. The molecule has 2 rings (SSSR count). The van der Waals surface area contributed by atoms with E-state index in [1.807, 2.05) is 0 Å². The summed E-state index contributed by atoms with van der Waals surface area (Å²) in [5.74, 6) is 0.466. The molecule has 0 aliphatic heterocycles. The van der Waals surface area contributed by atoms with Gasteiger partial charge in [0.25, 0.3) is 0 Å². The van der Waals surface area contributed by atoms with Crippen molar-refractivity contribution < 1.29 is 27.4 Å². The van der Waals surface area contributed by atoms with E-state index in [0.29, 0.717) is 22.6 Å². The molecule has 138 valence electrons. The lowest BCUT2D eigenvalue weighted by molar-refractivity contribution is -0.274. The number of halogens is 5. The van der Waals surface area contributed by atoms with Gasteiger partial charge in [0, 0.05) is 0 Å². The summed E-state index contributed by atoms with van der Waals surface area (Å²) in [7, 11) is 2.93. The van der Waals surface area contributed by atoms with Crippen molar-refractivity contribution in [2.75, 3.05) is 14.2 Å². The van der Waals surface area contributed by atoms with Crippen LogP contribution in [0.15, 0.2) is 36.4 Å². The van der Waals surface area contributed by atoms with Crippen molar-refractivity contribution in [3.05, 3.63) is 52.5 Å². The standard InChI is InChI=1S/C16H15ClF3NO3.ClH/c1-22-12-8-7-11(13(17)15(12)23-2)14(21)9-3-5-10(6-4-9)24-16(18,19)20;/h3-8,14H,21H2,1-2H3;1H/t14-;/m0./s1. The Hall–Kier alpha value is -1.83. The van der Waals surface area contributed by atoms with Gasteiger partial charge in [0.15, 0.2) is 11.5 Å².